The zero-order valence-corrected chi connectivity index (χ0v) is 27.6. The van der Waals surface area contributed by atoms with E-state index in [0.717, 1.165) is 16.7 Å². The maximum atomic E-state index is 14.4. The molecule has 1 aromatic heterocycles. The molecular weight excluding hydrogens is 591 g/mol. The van der Waals surface area contributed by atoms with Gasteiger partial charge in [-0.2, -0.15) is 0 Å². The highest BCUT2D eigenvalue weighted by atomic mass is 32.2. The van der Waals surface area contributed by atoms with Gasteiger partial charge in [-0.1, -0.05) is 62.4 Å². The van der Waals surface area contributed by atoms with Gasteiger partial charge in [-0.15, -0.1) is 0 Å². The number of nitrogens with one attached hydrogen (secondary N) is 1. The molecule has 244 valence electrons. The summed E-state index contributed by atoms with van der Waals surface area (Å²) in [4.78, 5) is 31.6. The first-order chi connectivity index (χ1) is 21.4. The molecule has 3 aliphatic rings. The number of benzene rings is 1. The maximum Gasteiger partial charge on any atom is 0.316 e. The van der Waals surface area contributed by atoms with E-state index in [-0.39, 0.29) is 41.7 Å². The molecule has 45 heavy (non-hydrogen) atoms. The predicted octanol–water partition coefficient (Wildman–Crippen LogP) is 4.66. The number of ketones is 1. The molecular formula is C35H47FN4O4S. The van der Waals surface area contributed by atoms with Crippen molar-refractivity contribution in [2.45, 2.75) is 90.2 Å². The second-order valence-corrected chi connectivity index (χ2v) is 14.8. The minimum absolute atomic E-state index is 0.0619. The van der Waals surface area contributed by atoms with Gasteiger partial charge in [0.05, 0.1) is 16.9 Å². The summed E-state index contributed by atoms with van der Waals surface area (Å²) in [6, 6.07) is 8.77. The Morgan fingerprint density at radius 3 is 2.62 bits per heavy atom. The molecule has 3 aliphatic carbocycles. The first kappa shape index (κ1) is 33.7. The summed E-state index contributed by atoms with van der Waals surface area (Å²) in [5.41, 5.74) is 12.7. The fourth-order valence-electron chi connectivity index (χ4n) is 8.34. The van der Waals surface area contributed by atoms with Crippen LogP contribution in [0.2, 0.25) is 0 Å². The van der Waals surface area contributed by atoms with E-state index in [0.29, 0.717) is 55.9 Å². The summed E-state index contributed by atoms with van der Waals surface area (Å²) >= 11 is 1.30. The molecule has 8 nitrogen and oxygen atoms in total. The molecule has 6 N–H and O–H groups in total. The fourth-order valence-corrected chi connectivity index (χ4v) is 8.97. The van der Waals surface area contributed by atoms with Gasteiger partial charge in [0.2, 0.25) is 0 Å². The Morgan fingerprint density at radius 2 is 1.96 bits per heavy atom. The smallest absolute Gasteiger partial charge is 0.316 e. The van der Waals surface area contributed by atoms with Crippen LogP contribution in [-0.2, 0) is 34.0 Å². The Balaban J connectivity index is 1.43. The largest absolute Gasteiger partial charge is 0.461 e. The molecule has 5 rings (SSSR count). The number of aromatic nitrogens is 1. The molecule has 2 bridgehead atoms. The minimum atomic E-state index is -0.771. The number of esters is 1. The normalized spacial score (nSPS) is 32.8. The summed E-state index contributed by atoms with van der Waals surface area (Å²) in [6.45, 7) is 9.58. The fraction of sp³-hybridized carbons (Fsp3) is 0.571. The van der Waals surface area contributed by atoms with Gasteiger partial charge in [0, 0.05) is 61.1 Å². The van der Waals surface area contributed by atoms with Crippen molar-refractivity contribution < 1.29 is 23.8 Å². The molecule has 0 spiro atoms. The average molecular weight is 639 g/mol. The van der Waals surface area contributed by atoms with Gasteiger partial charge < -0.3 is 26.6 Å². The Morgan fingerprint density at radius 1 is 1.20 bits per heavy atom. The quantitative estimate of drug-likeness (QED) is 0.166. The number of halogens is 1. The number of aliphatic hydroxyl groups is 1. The van der Waals surface area contributed by atoms with Gasteiger partial charge >= 0.3 is 5.97 Å². The van der Waals surface area contributed by atoms with E-state index in [4.69, 9.17) is 16.2 Å². The van der Waals surface area contributed by atoms with E-state index in [1.807, 2.05) is 32.0 Å². The van der Waals surface area contributed by atoms with Crippen molar-refractivity contribution in [3.63, 3.8) is 0 Å². The number of rotatable bonds is 10. The topological polar surface area (TPSA) is 141 Å². The Kier molecular flexibility index (Phi) is 9.92. The van der Waals surface area contributed by atoms with Crippen molar-refractivity contribution >= 4 is 23.5 Å². The lowest BCUT2D eigenvalue weighted by Crippen LogP contribution is -2.62. The van der Waals surface area contributed by atoms with E-state index in [1.165, 1.54) is 17.8 Å². The van der Waals surface area contributed by atoms with Crippen LogP contribution in [0.25, 0.3) is 0 Å². The highest BCUT2D eigenvalue weighted by Gasteiger charge is 2.67. The lowest BCUT2D eigenvalue weighted by atomic mass is 9.46. The van der Waals surface area contributed by atoms with Gasteiger partial charge in [0.25, 0.3) is 0 Å². The molecule has 0 saturated heterocycles. The molecule has 1 aromatic carbocycles. The van der Waals surface area contributed by atoms with E-state index in [2.05, 4.69) is 30.2 Å². The zero-order chi connectivity index (χ0) is 32.6. The molecule has 0 amide bonds. The van der Waals surface area contributed by atoms with E-state index < -0.39 is 28.5 Å². The number of ether oxygens (including phenoxy) is 1. The van der Waals surface area contributed by atoms with Crippen LogP contribution < -0.4 is 16.8 Å². The second kappa shape index (κ2) is 13.2. The molecule has 2 fully saturated rings. The lowest BCUT2D eigenvalue weighted by Gasteiger charge is -2.59. The van der Waals surface area contributed by atoms with Crippen molar-refractivity contribution in [3.05, 3.63) is 70.7 Å². The summed E-state index contributed by atoms with van der Waals surface area (Å²) in [6.07, 6.45) is 4.71. The van der Waals surface area contributed by atoms with Gasteiger partial charge in [-0.25, -0.2) is 9.37 Å². The number of allylic oxidation sites excluding steroid dienone is 1. The molecule has 7 atom stereocenters. The number of thioether (sulfide) groups is 1. The predicted molar refractivity (Wildman–Crippen MR) is 173 cm³/mol. The molecule has 0 unspecified atom stereocenters. The second-order valence-electron chi connectivity index (χ2n) is 13.8. The van der Waals surface area contributed by atoms with Gasteiger partial charge in [0.15, 0.2) is 0 Å². The number of nitrogens with two attached hydrogens (primary N) is 2. The average Bonchev–Trinajstić information content (AvgIpc) is 3.38. The number of hydrogen-bond donors (Lipinski definition) is 4. The molecule has 0 aliphatic heterocycles. The highest BCUT2D eigenvalue weighted by Crippen LogP contribution is 2.66. The first-order valence-corrected chi connectivity index (χ1v) is 16.9. The number of nitrogens with zero attached hydrogens (tertiary/aromatic N) is 1. The van der Waals surface area contributed by atoms with Crippen molar-refractivity contribution in [2.75, 3.05) is 12.3 Å². The van der Waals surface area contributed by atoms with Crippen molar-refractivity contribution in [2.24, 2.45) is 39.5 Å². The third kappa shape index (κ3) is 6.24. The molecule has 2 aromatic rings. The highest BCUT2D eigenvalue weighted by molar-refractivity contribution is 7.99. The molecule has 2 saturated carbocycles. The van der Waals surface area contributed by atoms with Crippen LogP contribution >= 0.6 is 11.8 Å². The summed E-state index contributed by atoms with van der Waals surface area (Å²) in [7, 11) is 0. The number of aliphatic hydroxyl groups excluding tert-OH is 1. The summed E-state index contributed by atoms with van der Waals surface area (Å²) in [5.74, 6) is -0.992. The number of hydrogen-bond acceptors (Lipinski definition) is 9. The summed E-state index contributed by atoms with van der Waals surface area (Å²) < 4.78 is 20.8. The third-order valence-corrected chi connectivity index (χ3v) is 12.1. The Labute approximate surface area is 270 Å². The Hall–Kier alpha value is -2.63. The maximum absolute atomic E-state index is 14.4. The number of Topliss-reactive ketones (excluding diaryl/α,β-unsaturated/α-hetero) is 1. The summed E-state index contributed by atoms with van der Waals surface area (Å²) in [5, 5.41) is 16.3. The monoisotopic (exact) mass is 638 g/mol. The number of carbonyl (C=O) groups is 2. The van der Waals surface area contributed by atoms with Crippen LogP contribution in [0.5, 0.6) is 0 Å². The van der Waals surface area contributed by atoms with Gasteiger partial charge in [-0.3, -0.25) is 9.59 Å². The number of carbonyl (C=O) groups excluding carboxylic acids is 2. The Bertz CT molecular complexity index is 1450. The van der Waals surface area contributed by atoms with E-state index in [1.54, 1.807) is 12.3 Å². The van der Waals surface area contributed by atoms with Crippen molar-refractivity contribution in [3.8, 4) is 0 Å². The van der Waals surface area contributed by atoms with Crippen LogP contribution in [0, 0.1) is 33.9 Å². The SMILES string of the molecule is CC1=CC[C@@]23CCC(=O)[C@H]2[C@]1(C)[C@H](OC(=O)CSc1ccc(CN)cn1)C[C@](C)(CNCc1ccc(CN)c(F)c1)[C@@H](O)[C@@H]3C. The van der Waals surface area contributed by atoms with Crippen LogP contribution in [0.15, 0.2) is 53.2 Å². The lowest BCUT2D eigenvalue weighted by molar-refractivity contribution is -0.182. The van der Waals surface area contributed by atoms with Gasteiger partial charge in [-0.05, 0) is 60.8 Å². The van der Waals surface area contributed by atoms with Crippen LogP contribution in [0.4, 0.5) is 4.39 Å². The van der Waals surface area contributed by atoms with Crippen molar-refractivity contribution in [1.29, 1.82) is 0 Å². The van der Waals surface area contributed by atoms with Crippen LogP contribution in [0.3, 0.4) is 0 Å². The molecule has 1 heterocycles. The standard InChI is InChI=1S/C35H47FN4O4S/c1-21-9-11-35-12-10-27(41)31(35)34(21,4)28(44-30(42)19-45-29-8-6-24(15-37)18-40-29)14-33(3,32(43)22(35)2)20-39-17-23-5-7-25(16-38)26(36)13-23/h5-9,13,18,22,28,31-32,39,43H,10-12,14-17,19-20,37-38H2,1-4H3/t22-,28+,31-,32-,33+,34-,35-/m0/s1. The van der Waals surface area contributed by atoms with Crippen LogP contribution in [-0.4, -0.2) is 46.3 Å². The first-order valence-electron chi connectivity index (χ1n) is 15.9. The van der Waals surface area contributed by atoms with Gasteiger partial charge in [0.1, 0.15) is 17.7 Å². The number of pyridine rings is 1. The molecule has 10 heteroatoms. The van der Waals surface area contributed by atoms with Crippen LogP contribution in [0.1, 0.15) is 70.1 Å². The zero-order valence-electron chi connectivity index (χ0n) is 26.8. The minimum Gasteiger partial charge on any atom is -0.461 e. The third-order valence-electron chi connectivity index (χ3n) is 11.2. The van der Waals surface area contributed by atoms with E-state index >= 15 is 0 Å². The molecule has 0 radical (unpaired) electrons. The van der Waals surface area contributed by atoms with E-state index in [9.17, 15) is 19.1 Å². The van der Waals surface area contributed by atoms with Crippen molar-refractivity contribution in [1.82, 2.24) is 10.3 Å².